The summed E-state index contributed by atoms with van der Waals surface area (Å²) in [5.74, 6) is 0.665. The number of aromatic nitrogens is 3. The average molecular weight is 241 g/mol. The second kappa shape index (κ2) is 3.08. The van der Waals surface area contributed by atoms with E-state index in [2.05, 4.69) is 26.0 Å². The van der Waals surface area contributed by atoms with Crippen molar-refractivity contribution in [2.75, 3.05) is 0 Å². The smallest absolute Gasteiger partial charge is 0.168 e. The highest BCUT2D eigenvalue weighted by atomic mass is 79.9. The number of pyridine rings is 1. The molecule has 0 fully saturated rings. The SMILES string of the molecule is CC(N)c1nc2cc(Br)ccn2n1. The molecule has 2 rings (SSSR count). The standard InChI is InChI=1S/C8H9BrN4/c1-5(10)8-11-7-4-6(9)2-3-13(7)12-8/h2-5H,10H2,1H3. The predicted octanol–water partition coefficient (Wildman–Crippen LogP) is 1.51. The first-order valence-corrected chi connectivity index (χ1v) is 4.73. The van der Waals surface area contributed by atoms with E-state index in [0.717, 1.165) is 10.1 Å². The van der Waals surface area contributed by atoms with Crippen LogP contribution in [0.2, 0.25) is 0 Å². The zero-order valence-corrected chi connectivity index (χ0v) is 8.69. The highest BCUT2D eigenvalue weighted by molar-refractivity contribution is 9.10. The maximum absolute atomic E-state index is 5.67. The van der Waals surface area contributed by atoms with Crippen molar-refractivity contribution in [1.29, 1.82) is 0 Å². The van der Waals surface area contributed by atoms with Gasteiger partial charge in [-0.3, -0.25) is 0 Å². The third-order valence-corrected chi connectivity index (χ3v) is 2.22. The number of hydrogen-bond acceptors (Lipinski definition) is 3. The molecule has 2 heterocycles. The number of hydrogen-bond donors (Lipinski definition) is 1. The van der Waals surface area contributed by atoms with Crippen LogP contribution in [0, 0.1) is 0 Å². The van der Waals surface area contributed by atoms with Crippen LogP contribution < -0.4 is 5.73 Å². The van der Waals surface area contributed by atoms with Crippen LogP contribution in [0.25, 0.3) is 5.65 Å². The summed E-state index contributed by atoms with van der Waals surface area (Å²) in [6.45, 7) is 1.86. The van der Waals surface area contributed by atoms with E-state index in [1.807, 2.05) is 25.3 Å². The fourth-order valence-corrected chi connectivity index (χ4v) is 1.39. The van der Waals surface area contributed by atoms with Gasteiger partial charge in [-0.1, -0.05) is 15.9 Å². The molecule has 0 spiro atoms. The lowest BCUT2D eigenvalue weighted by Crippen LogP contribution is -2.06. The molecule has 5 heteroatoms. The highest BCUT2D eigenvalue weighted by Gasteiger charge is 2.06. The Hall–Kier alpha value is -0.940. The van der Waals surface area contributed by atoms with Gasteiger partial charge in [-0.05, 0) is 19.1 Å². The van der Waals surface area contributed by atoms with Gasteiger partial charge in [-0.15, -0.1) is 5.10 Å². The van der Waals surface area contributed by atoms with Gasteiger partial charge in [0.1, 0.15) is 0 Å². The average Bonchev–Trinajstić information content (AvgIpc) is 2.46. The van der Waals surface area contributed by atoms with Crippen molar-refractivity contribution in [3.8, 4) is 0 Å². The lowest BCUT2D eigenvalue weighted by Gasteiger charge is -1.93. The molecule has 0 saturated heterocycles. The van der Waals surface area contributed by atoms with Crippen molar-refractivity contribution in [2.45, 2.75) is 13.0 Å². The Kier molecular flexibility index (Phi) is 2.05. The van der Waals surface area contributed by atoms with Crippen LogP contribution in [-0.2, 0) is 0 Å². The van der Waals surface area contributed by atoms with Gasteiger partial charge in [0.05, 0.1) is 6.04 Å². The molecule has 0 aliphatic rings. The molecule has 0 bridgehead atoms. The molecule has 0 aliphatic carbocycles. The van der Waals surface area contributed by atoms with Crippen LogP contribution in [0.1, 0.15) is 18.8 Å². The minimum absolute atomic E-state index is 0.126. The number of nitrogens with two attached hydrogens (primary N) is 1. The lowest BCUT2D eigenvalue weighted by molar-refractivity contribution is 0.733. The van der Waals surface area contributed by atoms with Crippen molar-refractivity contribution in [3.05, 3.63) is 28.6 Å². The molecule has 2 N–H and O–H groups in total. The van der Waals surface area contributed by atoms with Gasteiger partial charge in [0.25, 0.3) is 0 Å². The molecule has 4 nitrogen and oxygen atoms in total. The summed E-state index contributed by atoms with van der Waals surface area (Å²) < 4.78 is 2.70. The van der Waals surface area contributed by atoms with Gasteiger partial charge in [0, 0.05) is 10.7 Å². The minimum Gasteiger partial charge on any atom is -0.321 e. The Morgan fingerprint density at radius 2 is 2.38 bits per heavy atom. The molecule has 1 atom stereocenters. The second-order valence-corrected chi connectivity index (χ2v) is 3.82. The predicted molar refractivity (Wildman–Crippen MR) is 53.3 cm³/mol. The first-order valence-electron chi connectivity index (χ1n) is 3.94. The Morgan fingerprint density at radius 1 is 1.62 bits per heavy atom. The highest BCUT2D eigenvalue weighted by Crippen LogP contribution is 2.13. The second-order valence-electron chi connectivity index (χ2n) is 2.91. The fourth-order valence-electron chi connectivity index (χ4n) is 1.07. The monoisotopic (exact) mass is 240 g/mol. The molecule has 0 saturated carbocycles. The number of fused-ring (bicyclic) bond motifs is 1. The molecule has 2 aromatic rings. The third-order valence-electron chi connectivity index (χ3n) is 1.72. The van der Waals surface area contributed by atoms with Gasteiger partial charge >= 0.3 is 0 Å². The zero-order valence-electron chi connectivity index (χ0n) is 7.11. The molecule has 68 valence electrons. The maximum atomic E-state index is 5.67. The van der Waals surface area contributed by atoms with Crippen LogP contribution in [0.5, 0.6) is 0 Å². The van der Waals surface area contributed by atoms with E-state index in [-0.39, 0.29) is 6.04 Å². The summed E-state index contributed by atoms with van der Waals surface area (Å²) in [7, 11) is 0. The number of halogens is 1. The summed E-state index contributed by atoms with van der Waals surface area (Å²) in [6.07, 6.45) is 1.85. The summed E-state index contributed by atoms with van der Waals surface area (Å²) in [4.78, 5) is 4.27. The van der Waals surface area contributed by atoms with Crippen molar-refractivity contribution in [2.24, 2.45) is 5.73 Å². The Bertz CT molecular complexity index is 435. The van der Waals surface area contributed by atoms with Crippen molar-refractivity contribution < 1.29 is 0 Å². The topological polar surface area (TPSA) is 56.2 Å². The van der Waals surface area contributed by atoms with Gasteiger partial charge in [0.15, 0.2) is 11.5 Å². The third kappa shape index (κ3) is 1.57. The van der Waals surface area contributed by atoms with E-state index in [9.17, 15) is 0 Å². The molecule has 0 amide bonds. The summed E-state index contributed by atoms with van der Waals surface area (Å²) >= 11 is 3.37. The minimum atomic E-state index is -0.126. The van der Waals surface area contributed by atoms with E-state index in [0.29, 0.717) is 5.82 Å². The van der Waals surface area contributed by atoms with Gasteiger partial charge in [-0.25, -0.2) is 9.50 Å². The molecule has 2 aromatic heterocycles. The van der Waals surface area contributed by atoms with Crippen LogP contribution >= 0.6 is 15.9 Å². The molecule has 0 aromatic carbocycles. The van der Waals surface area contributed by atoms with Crippen LogP contribution in [0.4, 0.5) is 0 Å². The normalized spacial score (nSPS) is 13.5. The summed E-state index contributed by atoms with van der Waals surface area (Å²) in [6, 6.07) is 3.68. The number of nitrogens with zero attached hydrogens (tertiary/aromatic N) is 3. The quantitative estimate of drug-likeness (QED) is 0.823. The van der Waals surface area contributed by atoms with Crippen LogP contribution in [0.3, 0.4) is 0 Å². The molecular weight excluding hydrogens is 232 g/mol. The maximum Gasteiger partial charge on any atom is 0.168 e. The molecule has 13 heavy (non-hydrogen) atoms. The van der Waals surface area contributed by atoms with Crippen LogP contribution in [-0.4, -0.2) is 14.6 Å². The summed E-state index contributed by atoms with van der Waals surface area (Å²) in [5, 5.41) is 4.21. The van der Waals surface area contributed by atoms with E-state index in [4.69, 9.17) is 5.73 Å². The van der Waals surface area contributed by atoms with E-state index >= 15 is 0 Å². The molecular formula is C8H9BrN4. The fraction of sp³-hybridized carbons (Fsp3) is 0.250. The zero-order chi connectivity index (χ0) is 9.42. The van der Waals surface area contributed by atoms with E-state index in [1.54, 1.807) is 4.52 Å². The van der Waals surface area contributed by atoms with Gasteiger partial charge in [-0.2, -0.15) is 0 Å². The van der Waals surface area contributed by atoms with Crippen molar-refractivity contribution in [3.63, 3.8) is 0 Å². The largest absolute Gasteiger partial charge is 0.321 e. The van der Waals surface area contributed by atoms with E-state index in [1.165, 1.54) is 0 Å². The number of rotatable bonds is 1. The molecule has 1 unspecified atom stereocenters. The van der Waals surface area contributed by atoms with Crippen molar-refractivity contribution in [1.82, 2.24) is 14.6 Å². The molecule has 0 radical (unpaired) electrons. The Labute approximate surface area is 83.9 Å². The first kappa shape index (κ1) is 8.65. The van der Waals surface area contributed by atoms with E-state index < -0.39 is 0 Å². The molecule has 0 aliphatic heterocycles. The Balaban J connectivity index is 2.62. The Morgan fingerprint density at radius 3 is 3.08 bits per heavy atom. The summed E-state index contributed by atoms with van der Waals surface area (Å²) in [5.41, 5.74) is 6.47. The van der Waals surface area contributed by atoms with Gasteiger partial charge < -0.3 is 5.73 Å². The van der Waals surface area contributed by atoms with Crippen molar-refractivity contribution >= 4 is 21.6 Å². The lowest BCUT2D eigenvalue weighted by atomic mass is 10.3. The van der Waals surface area contributed by atoms with Crippen LogP contribution in [0.15, 0.2) is 22.8 Å². The van der Waals surface area contributed by atoms with Gasteiger partial charge in [0.2, 0.25) is 0 Å². The first-order chi connectivity index (χ1) is 6.16.